The van der Waals surface area contributed by atoms with Gasteiger partial charge in [0, 0.05) is 31.1 Å². The molecular weight excluding hydrogens is 394 g/mol. The number of piperidine rings is 1. The number of benzene rings is 1. The monoisotopic (exact) mass is 423 g/mol. The van der Waals surface area contributed by atoms with E-state index < -0.39 is 10.2 Å². The first-order valence-corrected chi connectivity index (χ1v) is 11.3. The average molecular weight is 424 g/mol. The molecule has 2 heterocycles. The lowest BCUT2D eigenvalue weighted by Crippen LogP contribution is -2.41. The van der Waals surface area contributed by atoms with Crippen molar-refractivity contribution in [2.45, 2.75) is 26.2 Å². The smallest absolute Gasteiger partial charge is 0.274 e. The number of nitrogens with zero attached hydrogens (tertiary/aromatic N) is 3. The number of rotatable bonds is 8. The van der Waals surface area contributed by atoms with E-state index in [4.69, 9.17) is 14.6 Å². The third-order valence-corrected chi connectivity index (χ3v) is 6.27. The quantitative estimate of drug-likeness (QED) is 0.663. The molecule has 0 aliphatic carbocycles. The van der Waals surface area contributed by atoms with E-state index >= 15 is 0 Å². The van der Waals surface area contributed by atoms with Gasteiger partial charge in [-0.3, -0.25) is 0 Å². The van der Waals surface area contributed by atoms with Gasteiger partial charge in [-0.2, -0.15) is 8.42 Å². The van der Waals surface area contributed by atoms with Crippen LogP contribution in [0.2, 0.25) is 0 Å². The van der Waals surface area contributed by atoms with Crippen molar-refractivity contribution in [3.8, 4) is 11.5 Å². The molecule has 0 amide bonds. The minimum Gasteiger partial charge on any atom is -0.493 e. The third kappa shape index (κ3) is 5.06. The van der Waals surface area contributed by atoms with Gasteiger partial charge in [0.2, 0.25) is 0 Å². The van der Waals surface area contributed by atoms with Crippen LogP contribution in [0, 0.1) is 11.8 Å². The van der Waals surface area contributed by atoms with Gasteiger partial charge < -0.3 is 14.4 Å². The summed E-state index contributed by atoms with van der Waals surface area (Å²) in [6, 6.07) is 3.78. The summed E-state index contributed by atoms with van der Waals surface area (Å²) in [5.41, 5.74) is 0.804. The van der Waals surface area contributed by atoms with Crippen molar-refractivity contribution in [3.63, 3.8) is 0 Å². The first-order valence-electron chi connectivity index (χ1n) is 9.75. The van der Waals surface area contributed by atoms with Crippen molar-refractivity contribution < 1.29 is 17.9 Å². The van der Waals surface area contributed by atoms with Gasteiger partial charge in [-0.15, -0.1) is 0 Å². The number of ether oxygens (including phenoxy) is 2. The van der Waals surface area contributed by atoms with E-state index in [0.29, 0.717) is 24.0 Å². The van der Waals surface area contributed by atoms with Crippen molar-refractivity contribution in [3.05, 3.63) is 18.5 Å². The van der Waals surface area contributed by atoms with Crippen LogP contribution in [0.15, 0.2) is 18.5 Å². The fraction of sp³-hybridized carbons (Fsp3) is 0.579. The zero-order chi connectivity index (χ0) is 21.0. The number of hydrogen-bond acceptors (Lipinski definition) is 7. The third-order valence-electron chi connectivity index (χ3n) is 5.70. The molecule has 9 nitrogen and oxygen atoms in total. The lowest BCUT2D eigenvalue weighted by atomic mass is 9.83. The van der Waals surface area contributed by atoms with E-state index in [-0.39, 0.29) is 5.92 Å². The molecule has 1 saturated heterocycles. The van der Waals surface area contributed by atoms with Crippen LogP contribution in [0.5, 0.6) is 11.5 Å². The highest BCUT2D eigenvalue weighted by Gasteiger charge is 2.27. The molecule has 1 aliphatic rings. The molecule has 0 bridgehead atoms. The van der Waals surface area contributed by atoms with E-state index in [1.54, 1.807) is 20.5 Å². The second-order valence-corrected chi connectivity index (χ2v) is 8.69. The lowest BCUT2D eigenvalue weighted by Gasteiger charge is -2.36. The lowest BCUT2D eigenvalue weighted by molar-refractivity contribution is 0.267. The largest absolute Gasteiger partial charge is 0.493 e. The second kappa shape index (κ2) is 9.10. The van der Waals surface area contributed by atoms with Gasteiger partial charge in [0.15, 0.2) is 11.5 Å². The molecule has 3 rings (SSSR count). The fourth-order valence-corrected chi connectivity index (χ4v) is 4.52. The molecule has 1 fully saturated rings. The fourth-order valence-electron chi connectivity index (χ4n) is 4.07. The zero-order valence-corrected chi connectivity index (χ0v) is 17.9. The highest BCUT2D eigenvalue weighted by Crippen LogP contribution is 2.36. The summed E-state index contributed by atoms with van der Waals surface area (Å²) in [6.07, 6.45) is 4.40. The molecule has 1 aliphatic heterocycles. The maximum Gasteiger partial charge on any atom is 0.274 e. The molecule has 3 N–H and O–H groups in total. The van der Waals surface area contributed by atoms with Crippen molar-refractivity contribution in [1.82, 2.24) is 14.7 Å². The molecule has 29 heavy (non-hydrogen) atoms. The molecule has 0 saturated carbocycles. The van der Waals surface area contributed by atoms with Crippen LogP contribution in [0.1, 0.15) is 26.2 Å². The van der Waals surface area contributed by atoms with Gasteiger partial charge in [0.05, 0.1) is 19.7 Å². The summed E-state index contributed by atoms with van der Waals surface area (Å²) in [5, 5.41) is 6.01. The summed E-state index contributed by atoms with van der Waals surface area (Å²) >= 11 is 0. The van der Waals surface area contributed by atoms with Gasteiger partial charge in [-0.05, 0) is 30.7 Å². The SMILES string of the molecule is CCC(CNS(N)(=O)=O)C1CCN(c2ncnc3cc(OC)c(OC)cc23)CC1. The summed E-state index contributed by atoms with van der Waals surface area (Å²) in [4.78, 5) is 11.2. The number of nitrogens with one attached hydrogen (secondary N) is 1. The normalized spacial score (nSPS) is 16.8. The zero-order valence-electron chi connectivity index (χ0n) is 17.1. The molecular formula is C19H29N5O4S. The maximum atomic E-state index is 11.2. The Morgan fingerprint density at radius 1 is 1.21 bits per heavy atom. The number of hydrogen-bond donors (Lipinski definition) is 2. The van der Waals surface area contributed by atoms with E-state index in [0.717, 1.165) is 49.1 Å². The Hall–Kier alpha value is -2.17. The number of nitrogens with two attached hydrogens (primary N) is 1. The molecule has 0 radical (unpaired) electrons. The predicted molar refractivity (Wildman–Crippen MR) is 112 cm³/mol. The summed E-state index contributed by atoms with van der Waals surface area (Å²) in [5.74, 6) is 2.86. The van der Waals surface area contributed by atoms with Gasteiger partial charge in [-0.1, -0.05) is 13.3 Å². The van der Waals surface area contributed by atoms with E-state index in [9.17, 15) is 8.42 Å². The van der Waals surface area contributed by atoms with Gasteiger partial charge >= 0.3 is 0 Å². The van der Waals surface area contributed by atoms with Gasteiger partial charge in [0.25, 0.3) is 10.2 Å². The first-order chi connectivity index (χ1) is 13.9. The van der Waals surface area contributed by atoms with Crippen LogP contribution >= 0.6 is 0 Å². The Balaban J connectivity index is 1.76. The highest BCUT2D eigenvalue weighted by molar-refractivity contribution is 7.87. The standard InChI is InChI=1S/C19H29N5O4S/c1-4-13(11-23-29(20,25)26)14-5-7-24(8-6-14)19-15-9-17(27-2)18(28-3)10-16(15)21-12-22-19/h9-10,12-14,23H,4-8,11H2,1-3H3,(H2,20,25,26). The van der Waals surface area contributed by atoms with Gasteiger partial charge in [-0.25, -0.2) is 19.8 Å². The van der Waals surface area contributed by atoms with E-state index in [2.05, 4.69) is 26.5 Å². The molecule has 1 atom stereocenters. The van der Waals surface area contributed by atoms with Crippen LogP contribution in [0.4, 0.5) is 5.82 Å². The van der Waals surface area contributed by atoms with Crippen LogP contribution in [0.25, 0.3) is 10.9 Å². The molecule has 1 aromatic carbocycles. The Morgan fingerprint density at radius 3 is 2.45 bits per heavy atom. The van der Waals surface area contributed by atoms with Crippen LogP contribution < -0.4 is 24.2 Å². The average Bonchev–Trinajstić information content (AvgIpc) is 2.72. The van der Waals surface area contributed by atoms with Crippen LogP contribution in [0.3, 0.4) is 0 Å². The number of fused-ring (bicyclic) bond motifs is 1. The van der Waals surface area contributed by atoms with Gasteiger partial charge in [0.1, 0.15) is 12.1 Å². The summed E-state index contributed by atoms with van der Waals surface area (Å²) < 4.78 is 35.7. The molecule has 1 unspecified atom stereocenters. The summed E-state index contributed by atoms with van der Waals surface area (Å²) in [7, 11) is -0.445. The van der Waals surface area contributed by atoms with Crippen molar-refractivity contribution in [1.29, 1.82) is 0 Å². The van der Waals surface area contributed by atoms with Crippen LogP contribution in [-0.2, 0) is 10.2 Å². The number of methoxy groups -OCH3 is 2. The Labute approximate surface area is 171 Å². The molecule has 1 aromatic heterocycles. The molecule has 10 heteroatoms. The van der Waals surface area contributed by atoms with Crippen LogP contribution in [-0.4, -0.2) is 52.2 Å². The second-order valence-electron chi connectivity index (χ2n) is 7.31. The molecule has 0 spiro atoms. The number of aromatic nitrogens is 2. The number of anilines is 1. The van der Waals surface area contributed by atoms with Crippen molar-refractivity contribution in [2.24, 2.45) is 17.0 Å². The van der Waals surface area contributed by atoms with E-state index in [1.165, 1.54) is 0 Å². The Bertz CT molecular complexity index is 945. The Kier molecular flexibility index (Phi) is 6.76. The topological polar surface area (TPSA) is 120 Å². The minimum atomic E-state index is -3.66. The molecule has 160 valence electrons. The van der Waals surface area contributed by atoms with Crippen molar-refractivity contribution in [2.75, 3.05) is 38.8 Å². The predicted octanol–water partition coefficient (Wildman–Crippen LogP) is 1.68. The van der Waals surface area contributed by atoms with E-state index in [1.807, 2.05) is 12.1 Å². The minimum absolute atomic E-state index is 0.266. The summed E-state index contributed by atoms with van der Waals surface area (Å²) in [6.45, 7) is 4.15. The van der Waals surface area contributed by atoms with Crippen molar-refractivity contribution >= 4 is 26.9 Å². The maximum absolute atomic E-state index is 11.2. The Morgan fingerprint density at radius 2 is 1.86 bits per heavy atom. The first kappa shape index (κ1) is 21.5. The highest BCUT2D eigenvalue weighted by atomic mass is 32.2. The molecule has 2 aromatic rings.